The summed E-state index contributed by atoms with van der Waals surface area (Å²) in [5.74, 6) is 0.912. The first kappa shape index (κ1) is 14.1. The normalized spacial score (nSPS) is 12.9. The Morgan fingerprint density at radius 3 is 2.84 bits per heavy atom. The molecule has 0 spiro atoms. The molecule has 0 radical (unpaired) electrons. The lowest BCUT2D eigenvalue weighted by molar-refractivity contribution is 0.0852. The van der Waals surface area contributed by atoms with Crippen LogP contribution in [-0.2, 0) is 9.47 Å². The third kappa shape index (κ3) is 3.80. The molecule has 0 fully saturated rings. The minimum absolute atomic E-state index is 0.0787. The number of hydrogen-bond donors (Lipinski definition) is 1. The van der Waals surface area contributed by atoms with Crippen molar-refractivity contribution in [2.75, 3.05) is 34.0 Å². The molecule has 0 aliphatic heterocycles. The van der Waals surface area contributed by atoms with Crippen molar-refractivity contribution >= 4 is 11.0 Å². The summed E-state index contributed by atoms with van der Waals surface area (Å²) in [7, 11) is 3.61. The van der Waals surface area contributed by atoms with Crippen LogP contribution in [0.4, 0.5) is 0 Å². The van der Waals surface area contributed by atoms with E-state index in [0.717, 1.165) is 29.8 Å². The van der Waals surface area contributed by atoms with Gasteiger partial charge in [-0.3, -0.25) is 0 Å². The van der Waals surface area contributed by atoms with Crippen LogP contribution < -0.4 is 5.32 Å². The topological polar surface area (TPSA) is 43.6 Å². The van der Waals surface area contributed by atoms with Gasteiger partial charge in [0.1, 0.15) is 11.3 Å². The quantitative estimate of drug-likeness (QED) is 0.744. The van der Waals surface area contributed by atoms with Crippen molar-refractivity contribution < 1.29 is 13.9 Å². The zero-order valence-corrected chi connectivity index (χ0v) is 11.5. The summed E-state index contributed by atoms with van der Waals surface area (Å²) in [4.78, 5) is 0. The first-order valence-corrected chi connectivity index (χ1v) is 6.57. The largest absolute Gasteiger partial charge is 0.459 e. The van der Waals surface area contributed by atoms with Gasteiger partial charge >= 0.3 is 0 Å². The van der Waals surface area contributed by atoms with Gasteiger partial charge in [0.05, 0.1) is 12.6 Å². The summed E-state index contributed by atoms with van der Waals surface area (Å²) in [5.41, 5.74) is 0.914. The molecule has 1 unspecified atom stereocenters. The molecule has 0 saturated carbocycles. The van der Waals surface area contributed by atoms with Crippen LogP contribution in [0.3, 0.4) is 0 Å². The highest BCUT2D eigenvalue weighted by Gasteiger charge is 2.14. The second-order valence-electron chi connectivity index (χ2n) is 4.45. The van der Waals surface area contributed by atoms with E-state index < -0.39 is 0 Å². The van der Waals surface area contributed by atoms with Gasteiger partial charge in [-0.2, -0.15) is 0 Å². The van der Waals surface area contributed by atoms with Gasteiger partial charge in [0, 0.05) is 25.7 Å². The number of likely N-dealkylation sites (N-methyl/N-ethyl adjacent to an activating group) is 1. The summed E-state index contributed by atoms with van der Waals surface area (Å²) in [6.45, 7) is 2.03. The molecular formula is C15H21NO3. The Balaban J connectivity index is 1.93. The summed E-state index contributed by atoms with van der Waals surface area (Å²) in [6, 6.07) is 10.2. The molecule has 0 bridgehead atoms. The van der Waals surface area contributed by atoms with E-state index in [4.69, 9.17) is 13.9 Å². The molecule has 1 aromatic heterocycles. The molecule has 1 N–H and O–H groups in total. The van der Waals surface area contributed by atoms with Crippen LogP contribution in [0, 0.1) is 0 Å². The zero-order chi connectivity index (χ0) is 13.5. The highest BCUT2D eigenvalue weighted by molar-refractivity contribution is 5.77. The smallest absolute Gasteiger partial charge is 0.134 e. The van der Waals surface area contributed by atoms with Gasteiger partial charge in [-0.05, 0) is 25.6 Å². The standard InChI is InChI=1S/C15H21NO3/c1-16-13(11-18-9-5-8-17-2)15-10-12-6-3-4-7-14(12)19-15/h3-4,6-7,10,13,16H,5,8-9,11H2,1-2H3. The Labute approximate surface area is 113 Å². The minimum atomic E-state index is 0.0787. The fraction of sp³-hybridized carbons (Fsp3) is 0.467. The van der Waals surface area contributed by atoms with Crippen molar-refractivity contribution in [2.45, 2.75) is 12.5 Å². The van der Waals surface area contributed by atoms with Gasteiger partial charge in [0.2, 0.25) is 0 Å². The lowest BCUT2D eigenvalue weighted by atomic mass is 10.2. The number of nitrogens with one attached hydrogen (secondary N) is 1. The maximum Gasteiger partial charge on any atom is 0.134 e. The molecule has 1 aromatic carbocycles. The van der Waals surface area contributed by atoms with E-state index in [2.05, 4.69) is 17.4 Å². The van der Waals surface area contributed by atoms with Crippen LogP contribution in [0.5, 0.6) is 0 Å². The molecular weight excluding hydrogens is 242 g/mol. The van der Waals surface area contributed by atoms with Crippen LogP contribution in [0.1, 0.15) is 18.2 Å². The molecule has 2 rings (SSSR count). The van der Waals surface area contributed by atoms with Crippen LogP contribution in [-0.4, -0.2) is 34.0 Å². The highest BCUT2D eigenvalue weighted by atomic mass is 16.5. The second kappa shape index (κ2) is 7.28. The number of rotatable bonds is 8. The monoisotopic (exact) mass is 263 g/mol. The molecule has 0 aliphatic carbocycles. The van der Waals surface area contributed by atoms with Gasteiger partial charge < -0.3 is 19.2 Å². The van der Waals surface area contributed by atoms with Gasteiger partial charge in [0.15, 0.2) is 0 Å². The molecule has 4 nitrogen and oxygen atoms in total. The molecule has 19 heavy (non-hydrogen) atoms. The predicted molar refractivity (Wildman–Crippen MR) is 75.3 cm³/mol. The van der Waals surface area contributed by atoms with Gasteiger partial charge in [-0.25, -0.2) is 0 Å². The lowest BCUT2D eigenvalue weighted by Crippen LogP contribution is -2.21. The van der Waals surface area contributed by atoms with Crippen LogP contribution in [0.2, 0.25) is 0 Å². The number of fused-ring (bicyclic) bond motifs is 1. The Morgan fingerprint density at radius 2 is 2.11 bits per heavy atom. The van der Waals surface area contributed by atoms with E-state index in [-0.39, 0.29) is 6.04 Å². The average molecular weight is 263 g/mol. The van der Waals surface area contributed by atoms with Crippen LogP contribution in [0.15, 0.2) is 34.7 Å². The number of methoxy groups -OCH3 is 1. The molecule has 0 aliphatic rings. The number of benzene rings is 1. The van der Waals surface area contributed by atoms with Crippen LogP contribution in [0.25, 0.3) is 11.0 Å². The third-order valence-electron chi connectivity index (χ3n) is 3.06. The lowest BCUT2D eigenvalue weighted by Gasteiger charge is -2.13. The summed E-state index contributed by atoms with van der Waals surface area (Å²) >= 11 is 0. The van der Waals surface area contributed by atoms with Crippen molar-refractivity contribution in [3.8, 4) is 0 Å². The Kier molecular flexibility index (Phi) is 5.39. The summed E-state index contributed by atoms with van der Waals surface area (Å²) < 4.78 is 16.5. The Morgan fingerprint density at radius 1 is 1.26 bits per heavy atom. The van der Waals surface area contributed by atoms with E-state index in [0.29, 0.717) is 13.2 Å². The SMILES string of the molecule is CNC(COCCCOC)c1cc2ccccc2o1. The van der Waals surface area contributed by atoms with E-state index in [1.54, 1.807) is 7.11 Å². The fourth-order valence-electron chi connectivity index (χ4n) is 1.99. The van der Waals surface area contributed by atoms with Gasteiger partial charge in [-0.1, -0.05) is 18.2 Å². The number of hydrogen-bond acceptors (Lipinski definition) is 4. The second-order valence-corrected chi connectivity index (χ2v) is 4.45. The molecule has 4 heteroatoms. The van der Waals surface area contributed by atoms with Crippen molar-refractivity contribution in [1.82, 2.24) is 5.32 Å². The van der Waals surface area contributed by atoms with Crippen molar-refractivity contribution in [3.05, 3.63) is 36.1 Å². The molecule has 0 saturated heterocycles. The number of ether oxygens (including phenoxy) is 2. The first-order valence-electron chi connectivity index (χ1n) is 6.57. The van der Waals surface area contributed by atoms with Crippen molar-refractivity contribution in [2.24, 2.45) is 0 Å². The Bertz CT molecular complexity index is 462. The number of furan rings is 1. The van der Waals surface area contributed by atoms with Gasteiger partial charge in [-0.15, -0.1) is 0 Å². The molecule has 2 aromatic rings. The minimum Gasteiger partial charge on any atom is -0.459 e. The van der Waals surface area contributed by atoms with E-state index in [1.165, 1.54) is 0 Å². The maximum atomic E-state index is 5.83. The molecule has 1 heterocycles. The molecule has 104 valence electrons. The first-order chi connectivity index (χ1) is 9.35. The summed E-state index contributed by atoms with van der Waals surface area (Å²) in [5, 5.41) is 4.34. The zero-order valence-electron chi connectivity index (χ0n) is 11.5. The number of para-hydroxylation sites is 1. The molecule has 0 amide bonds. The van der Waals surface area contributed by atoms with Crippen molar-refractivity contribution in [1.29, 1.82) is 0 Å². The van der Waals surface area contributed by atoms with Crippen LogP contribution >= 0.6 is 0 Å². The third-order valence-corrected chi connectivity index (χ3v) is 3.06. The maximum absolute atomic E-state index is 5.83. The highest BCUT2D eigenvalue weighted by Crippen LogP contribution is 2.23. The van der Waals surface area contributed by atoms with Gasteiger partial charge in [0.25, 0.3) is 0 Å². The average Bonchev–Trinajstić information content (AvgIpc) is 2.86. The van der Waals surface area contributed by atoms with E-state index in [1.807, 2.05) is 25.2 Å². The molecule has 1 atom stereocenters. The predicted octanol–water partition coefficient (Wildman–Crippen LogP) is 2.75. The van der Waals surface area contributed by atoms with Crippen molar-refractivity contribution in [3.63, 3.8) is 0 Å². The summed E-state index contributed by atoms with van der Waals surface area (Å²) in [6.07, 6.45) is 0.910. The van der Waals surface area contributed by atoms with E-state index >= 15 is 0 Å². The Hall–Kier alpha value is -1.36. The fourth-order valence-corrected chi connectivity index (χ4v) is 1.99. The van der Waals surface area contributed by atoms with E-state index in [9.17, 15) is 0 Å².